The smallest absolute Gasteiger partial charge is 0.221 e. The third-order valence-corrected chi connectivity index (χ3v) is 6.05. The molecule has 168 valence electrons. The van der Waals surface area contributed by atoms with Crippen molar-refractivity contribution >= 4 is 55.5 Å². The van der Waals surface area contributed by atoms with E-state index in [2.05, 4.69) is 43.6 Å². The van der Waals surface area contributed by atoms with Gasteiger partial charge in [0.05, 0.1) is 12.1 Å². The summed E-state index contributed by atoms with van der Waals surface area (Å²) in [6.07, 6.45) is 0. The van der Waals surface area contributed by atoms with Gasteiger partial charge in [0.2, 0.25) is 11.0 Å². The van der Waals surface area contributed by atoms with Crippen LogP contribution < -0.4 is 5.32 Å². The van der Waals surface area contributed by atoms with Crippen molar-refractivity contribution in [2.24, 2.45) is 10.2 Å². The van der Waals surface area contributed by atoms with Crippen molar-refractivity contribution < 1.29 is 9.50 Å². The second kappa shape index (κ2) is 9.41. The first-order chi connectivity index (χ1) is 15.7. The molecule has 0 fully saturated rings. The monoisotopic (exact) mass is 524 g/mol. The van der Waals surface area contributed by atoms with E-state index in [4.69, 9.17) is 12.2 Å². The fourth-order valence-electron chi connectivity index (χ4n) is 3.93. The van der Waals surface area contributed by atoms with Gasteiger partial charge in [-0.3, -0.25) is 0 Å². The van der Waals surface area contributed by atoms with Crippen LogP contribution in [0.25, 0.3) is 10.9 Å². The molecule has 0 spiro atoms. The number of halogens is 2. The van der Waals surface area contributed by atoms with Crippen molar-refractivity contribution in [2.45, 2.75) is 27.3 Å². The van der Waals surface area contributed by atoms with Crippen molar-refractivity contribution in [3.63, 3.8) is 0 Å². The highest BCUT2D eigenvalue weighted by atomic mass is 79.9. The van der Waals surface area contributed by atoms with Crippen LogP contribution in [0.1, 0.15) is 22.3 Å². The third-order valence-electron chi connectivity index (χ3n) is 5.38. The highest BCUT2D eigenvalue weighted by molar-refractivity contribution is 9.10. The number of rotatable bonds is 4. The second-order valence-electron chi connectivity index (χ2n) is 7.95. The molecule has 0 unspecified atom stereocenters. The summed E-state index contributed by atoms with van der Waals surface area (Å²) in [5, 5.41) is 23.5. The number of nitrogens with zero attached hydrogens (tertiary/aromatic N) is 3. The van der Waals surface area contributed by atoms with Gasteiger partial charge in [0.15, 0.2) is 5.69 Å². The Morgan fingerprint density at radius 2 is 1.73 bits per heavy atom. The van der Waals surface area contributed by atoms with Crippen LogP contribution in [0, 0.1) is 26.6 Å². The molecule has 0 saturated carbocycles. The van der Waals surface area contributed by atoms with E-state index in [0.717, 1.165) is 37.8 Å². The van der Waals surface area contributed by atoms with E-state index in [1.807, 2.05) is 39.0 Å². The second-order valence-corrected chi connectivity index (χ2v) is 9.25. The number of azo groups is 1. The van der Waals surface area contributed by atoms with E-state index < -0.39 is 0 Å². The summed E-state index contributed by atoms with van der Waals surface area (Å²) >= 11 is 8.88. The van der Waals surface area contributed by atoms with Gasteiger partial charge in [-0.2, -0.15) is 0 Å². The van der Waals surface area contributed by atoms with E-state index in [9.17, 15) is 9.50 Å². The fourth-order valence-corrected chi connectivity index (χ4v) is 4.44. The van der Waals surface area contributed by atoms with Gasteiger partial charge in [0, 0.05) is 15.5 Å². The molecule has 33 heavy (non-hydrogen) atoms. The van der Waals surface area contributed by atoms with Crippen LogP contribution in [-0.2, 0) is 6.54 Å². The summed E-state index contributed by atoms with van der Waals surface area (Å²) in [6.45, 7) is 6.41. The van der Waals surface area contributed by atoms with Crippen LogP contribution in [0.2, 0.25) is 0 Å². The molecule has 8 heteroatoms. The predicted molar refractivity (Wildman–Crippen MR) is 138 cm³/mol. The Morgan fingerprint density at radius 3 is 2.39 bits per heavy atom. The molecule has 0 amide bonds. The van der Waals surface area contributed by atoms with Crippen LogP contribution in [0.5, 0.6) is 5.88 Å². The zero-order valence-corrected chi connectivity index (χ0v) is 20.8. The van der Waals surface area contributed by atoms with Crippen LogP contribution in [0.15, 0.2) is 69.3 Å². The predicted octanol–water partition coefficient (Wildman–Crippen LogP) is 7.70. The molecule has 3 aromatic carbocycles. The highest BCUT2D eigenvalue weighted by Gasteiger charge is 2.18. The Bertz CT molecular complexity index is 1370. The maximum absolute atomic E-state index is 13.3. The maximum Gasteiger partial charge on any atom is 0.221 e. The molecule has 2 N–H and O–H groups in total. The number of benzene rings is 3. The first-order valence-electron chi connectivity index (χ1n) is 10.3. The quantitative estimate of drug-likeness (QED) is 0.212. The molecule has 4 aromatic rings. The Kier molecular flexibility index (Phi) is 6.58. The summed E-state index contributed by atoms with van der Waals surface area (Å²) in [6, 6.07) is 16.0. The van der Waals surface area contributed by atoms with Crippen LogP contribution in [0.3, 0.4) is 0 Å². The zero-order valence-electron chi connectivity index (χ0n) is 18.4. The summed E-state index contributed by atoms with van der Waals surface area (Å²) in [5.41, 5.74) is 6.13. The van der Waals surface area contributed by atoms with Crippen LogP contribution in [-0.4, -0.2) is 14.8 Å². The lowest BCUT2D eigenvalue weighted by Crippen LogP contribution is -2.08. The van der Waals surface area contributed by atoms with Gasteiger partial charge < -0.3 is 15.0 Å². The van der Waals surface area contributed by atoms with Crippen molar-refractivity contribution in [2.75, 3.05) is 5.32 Å². The SMILES string of the molecule is Cc1cc(C)c(NC(=S)N=Nc2c(O)n(Cc3ccc(F)cc3)c3ccc(Br)cc23)c(C)c1. The Hall–Kier alpha value is -3.10. The van der Waals surface area contributed by atoms with E-state index >= 15 is 0 Å². The number of aromatic nitrogens is 1. The molecule has 0 aliphatic heterocycles. The van der Waals surface area contributed by atoms with Crippen LogP contribution >= 0.6 is 28.1 Å². The Morgan fingerprint density at radius 1 is 1.06 bits per heavy atom. The molecule has 0 atom stereocenters. The number of nitrogens with one attached hydrogen (secondary N) is 1. The average Bonchev–Trinajstić information content (AvgIpc) is 3.01. The molecule has 1 aromatic heterocycles. The zero-order chi connectivity index (χ0) is 23.7. The van der Waals surface area contributed by atoms with Gasteiger partial charge in [-0.25, -0.2) is 4.39 Å². The molecular weight excluding hydrogens is 503 g/mol. The molecule has 0 saturated heterocycles. The van der Waals surface area contributed by atoms with Crippen molar-refractivity contribution in [3.05, 3.63) is 87.1 Å². The van der Waals surface area contributed by atoms with Crippen molar-refractivity contribution in [3.8, 4) is 5.88 Å². The summed E-state index contributed by atoms with van der Waals surface area (Å²) in [4.78, 5) is 0. The Labute approximate surface area is 205 Å². The van der Waals surface area contributed by atoms with E-state index in [0.29, 0.717) is 12.2 Å². The molecule has 5 nitrogen and oxygen atoms in total. The topological polar surface area (TPSA) is 61.9 Å². The molecule has 0 aliphatic carbocycles. The number of aromatic hydroxyl groups is 1. The Balaban J connectivity index is 1.68. The van der Waals surface area contributed by atoms with Crippen molar-refractivity contribution in [1.29, 1.82) is 0 Å². The lowest BCUT2D eigenvalue weighted by molar-refractivity contribution is 0.429. The third kappa shape index (κ3) is 4.96. The van der Waals surface area contributed by atoms with E-state index in [-0.39, 0.29) is 16.8 Å². The molecule has 1 heterocycles. The highest BCUT2D eigenvalue weighted by Crippen LogP contribution is 2.40. The standard InChI is InChI=1S/C25H22BrFN4OS/c1-14-10-15(2)22(16(3)11-14)28-25(33)30-29-23-20-12-18(26)6-9-21(20)31(24(23)32)13-17-4-7-19(27)8-5-17/h4-12,32H,13H2,1-3H3,(H,28,33). The summed E-state index contributed by atoms with van der Waals surface area (Å²) in [5.74, 6) is -0.347. The van der Waals surface area contributed by atoms with Crippen molar-refractivity contribution in [1.82, 2.24) is 4.57 Å². The first kappa shape index (κ1) is 23.1. The molecular formula is C25H22BrFN4OS. The number of anilines is 1. The van der Waals surface area contributed by atoms with Gasteiger partial charge in [-0.05, 0) is 80.0 Å². The van der Waals surface area contributed by atoms with Gasteiger partial charge in [-0.15, -0.1) is 10.2 Å². The number of fused-ring (bicyclic) bond motifs is 1. The minimum Gasteiger partial charge on any atom is -0.493 e. The van der Waals surface area contributed by atoms with E-state index in [1.165, 1.54) is 17.7 Å². The minimum absolute atomic E-state index is 0.0401. The summed E-state index contributed by atoms with van der Waals surface area (Å²) in [7, 11) is 0. The number of aryl methyl sites for hydroxylation is 3. The van der Waals surface area contributed by atoms with Gasteiger partial charge in [-0.1, -0.05) is 45.8 Å². The van der Waals surface area contributed by atoms with Crippen LogP contribution in [0.4, 0.5) is 15.8 Å². The van der Waals surface area contributed by atoms with Gasteiger partial charge in [0.25, 0.3) is 0 Å². The number of hydrogen-bond acceptors (Lipinski definition) is 3. The number of hydrogen-bond donors (Lipinski definition) is 2. The molecule has 0 bridgehead atoms. The summed E-state index contributed by atoms with van der Waals surface area (Å²) < 4.78 is 15.9. The maximum atomic E-state index is 13.3. The normalized spacial score (nSPS) is 11.4. The minimum atomic E-state index is -0.307. The van der Waals surface area contributed by atoms with Gasteiger partial charge in [0.1, 0.15) is 5.82 Å². The lowest BCUT2D eigenvalue weighted by atomic mass is 10.1. The molecule has 0 radical (unpaired) electrons. The molecule has 0 aliphatic rings. The average molecular weight is 525 g/mol. The first-order valence-corrected chi connectivity index (χ1v) is 11.5. The lowest BCUT2D eigenvalue weighted by Gasteiger charge is -2.12. The van der Waals surface area contributed by atoms with Gasteiger partial charge >= 0.3 is 0 Å². The largest absolute Gasteiger partial charge is 0.493 e. The van der Waals surface area contributed by atoms with E-state index in [1.54, 1.807) is 16.7 Å². The molecule has 4 rings (SSSR count). The number of thiocarbonyl (C=S) groups is 1. The fraction of sp³-hybridized carbons (Fsp3) is 0.160.